The van der Waals surface area contributed by atoms with Crippen molar-refractivity contribution in [3.05, 3.63) is 11.8 Å². The van der Waals surface area contributed by atoms with Gasteiger partial charge in [-0.15, -0.1) is 0 Å². The van der Waals surface area contributed by atoms with E-state index in [4.69, 9.17) is 5.11 Å². The molecule has 1 N–H and O–H groups in total. The molecule has 0 bridgehead atoms. The van der Waals surface area contributed by atoms with Crippen LogP contribution in [0.15, 0.2) is 11.8 Å². The number of aliphatic hydroxyl groups excluding tert-OH is 1. The molecule has 0 aliphatic carbocycles. The summed E-state index contributed by atoms with van der Waals surface area (Å²) >= 11 is 0. The smallest absolute Gasteiger partial charge is 0.334 e. The van der Waals surface area contributed by atoms with Gasteiger partial charge in [0.05, 0.1) is 12.7 Å². The number of carbonyl (C=O) groups is 1. The highest BCUT2D eigenvalue weighted by Gasteiger charge is 2.03. The van der Waals surface area contributed by atoms with Gasteiger partial charge in [-0.3, -0.25) is 0 Å². The van der Waals surface area contributed by atoms with E-state index in [0.717, 1.165) is 6.08 Å². The van der Waals surface area contributed by atoms with Gasteiger partial charge >= 0.3 is 5.97 Å². The molecular formula is C8H14O3. The summed E-state index contributed by atoms with van der Waals surface area (Å²) in [5.74, 6) is -0.457. The maximum absolute atomic E-state index is 10.7. The minimum Gasteiger partial charge on any atom is -0.512 e. The SMILES string of the molecule is CCOC(=O)C=C(O)C(C)C. The zero-order valence-corrected chi connectivity index (χ0v) is 7.13. The van der Waals surface area contributed by atoms with E-state index >= 15 is 0 Å². The zero-order chi connectivity index (χ0) is 8.85. The second kappa shape index (κ2) is 4.77. The molecule has 64 valence electrons. The quantitative estimate of drug-likeness (QED) is 0.386. The molecule has 0 amide bonds. The minimum atomic E-state index is -0.487. The molecule has 0 heterocycles. The van der Waals surface area contributed by atoms with E-state index < -0.39 is 5.97 Å². The van der Waals surface area contributed by atoms with Gasteiger partial charge in [0.1, 0.15) is 5.76 Å². The Hall–Kier alpha value is -0.990. The topological polar surface area (TPSA) is 46.5 Å². The fraction of sp³-hybridized carbons (Fsp3) is 0.625. The molecule has 0 aromatic rings. The fourth-order valence-electron chi connectivity index (χ4n) is 0.471. The van der Waals surface area contributed by atoms with Crippen LogP contribution in [-0.4, -0.2) is 17.7 Å². The largest absolute Gasteiger partial charge is 0.512 e. The number of carbonyl (C=O) groups excluding carboxylic acids is 1. The fourth-order valence-corrected chi connectivity index (χ4v) is 0.471. The Kier molecular flexibility index (Phi) is 4.34. The molecule has 0 saturated heterocycles. The van der Waals surface area contributed by atoms with Gasteiger partial charge in [0, 0.05) is 5.92 Å². The first-order chi connectivity index (χ1) is 5.07. The maximum Gasteiger partial charge on any atom is 0.334 e. The van der Waals surface area contributed by atoms with Crippen molar-refractivity contribution in [1.29, 1.82) is 0 Å². The summed E-state index contributed by atoms with van der Waals surface area (Å²) in [7, 11) is 0. The van der Waals surface area contributed by atoms with Gasteiger partial charge in [-0.1, -0.05) is 13.8 Å². The number of hydrogen-bond acceptors (Lipinski definition) is 3. The Labute approximate surface area is 66.7 Å². The molecule has 0 aromatic carbocycles. The van der Waals surface area contributed by atoms with Gasteiger partial charge < -0.3 is 9.84 Å². The second-order valence-electron chi connectivity index (χ2n) is 2.48. The molecule has 0 atom stereocenters. The van der Waals surface area contributed by atoms with Crippen molar-refractivity contribution < 1.29 is 14.6 Å². The third-order valence-electron chi connectivity index (χ3n) is 1.14. The lowest BCUT2D eigenvalue weighted by Crippen LogP contribution is -2.03. The molecule has 11 heavy (non-hydrogen) atoms. The van der Waals surface area contributed by atoms with E-state index in [9.17, 15) is 4.79 Å². The monoisotopic (exact) mass is 158 g/mol. The third-order valence-corrected chi connectivity index (χ3v) is 1.14. The second-order valence-corrected chi connectivity index (χ2v) is 2.48. The Morgan fingerprint density at radius 3 is 2.55 bits per heavy atom. The highest BCUT2D eigenvalue weighted by atomic mass is 16.5. The van der Waals surface area contributed by atoms with Crippen LogP contribution in [0.2, 0.25) is 0 Å². The van der Waals surface area contributed by atoms with Crippen molar-refractivity contribution in [3.63, 3.8) is 0 Å². The first kappa shape index (κ1) is 10.0. The lowest BCUT2D eigenvalue weighted by molar-refractivity contribution is -0.137. The standard InChI is InChI=1S/C8H14O3/c1-4-11-8(10)5-7(9)6(2)3/h5-6,9H,4H2,1-3H3. The van der Waals surface area contributed by atoms with Crippen LogP contribution in [0.5, 0.6) is 0 Å². The summed E-state index contributed by atoms with van der Waals surface area (Å²) in [6.45, 7) is 5.65. The summed E-state index contributed by atoms with van der Waals surface area (Å²) < 4.78 is 4.59. The van der Waals surface area contributed by atoms with E-state index in [1.165, 1.54) is 0 Å². The van der Waals surface area contributed by atoms with Crippen LogP contribution < -0.4 is 0 Å². The molecule has 0 radical (unpaired) electrons. The number of esters is 1. The molecule has 0 aliphatic rings. The van der Waals surface area contributed by atoms with Gasteiger partial charge in [-0.2, -0.15) is 0 Å². The highest BCUT2D eigenvalue weighted by molar-refractivity contribution is 5.82. The molecule has 0 rings (SSSR count). The van der Waals surface area contributed by atoms with Crippen LogP contribution in [-0.2, 0) is 9.53 Å². The van der Waals surface area contributed by atoms with Gasteiger partial charge in [0.2, 0.25) is 0 Å². The van der Waals surface area contributed by atoms with E-state index in [1.807, 2.05) is 0 Å². The molecular weight excluding hydrogens is 144 g/mol. The predicted molar refractivity (Wildman–Crippen MR) is 42.2 cm³/mol. The van der Waals surface area contributed by atoms with Crippen molar-refractivity contribution in [2.75, 3.05) is 6.61 Å². The van der Waals surface area contributed by atoms with Crippen LogP contribution in [0.4, 0.5) is 0 Å². The highest BCUT2D eigenvalue weighted by Crippen LogP contribution is 2.04. The van der Waals surface area contributed by atoms with E-state index in [-0.39, 0.29) is 11.7 Å². The number of rotatable bonds is 3. The number of aliphatic hydroxyl groups is 1. The number of hydrogen-bond donors (Lipinski definition) is 1. The predicted octanol–water partition coefficient (Wildman–Crippen LogP) is 1.65. The summed E-state index contributed by atoms with van der Waals surface area (Å²) in [4.78, 5) is 10.7. The van der Waals surface area contributed by atoms with Crippen LogP contribution in [0.25, 0.3) is 0 Å². The van der Waals surface area contributed by atoms with Crippen LogP contribution in [0, 0.1) is 5.92 Å². The summed E-state index contributed by atoms with van der Waals surface area (Å²) in [5.41, 5.74) is 0. The average Bonchev–Trinajstić information content (AvgIpc) is 1.87. The summed E-state index contributed by atoms with van der Waals surface area (Å²) in [5, 5.41) is 9.08. The minimum absolute atomic E-state index is 0.0283. The molecule has 0 spiro atoms. The lowest BCUT2D eigenvalue weighted by atomic mass is 10.2. The Morgan fingerprint density at radius 1 is 1.64 bits per heavy atom. The summed E-state index contributed by atoms with van der Waals surface area (Å²) in [6.07, 6.45) is 1.11. The number of ether oxygens (including phenoxy) is 1. The van der Waals surface area contributed by atoms with Crippen molar-refractivity contribution >= 4 is 5.97 Å². The lowest BCUT2D eigenvalue weighted by Gasteiger charge is -2.02. The zero-order valence-electron chi connectivity index (χ0n) is 7.13. The van der Waals surface area contributed by atoms with Crippen molar-refractivity contribution in [1.82, 2.24) is 0 Å². The first-order valence-corrected chi connectivity index (χ1v) is 3.65. The van der Waals surface area contributed by atoms with Gasteiger partial charge in [-0.25, -0.2) is 4.79 Å². The molecule has 0 aromatic heterocycles. The van der Waals surface area contributed by atoms with Crippen molar-refractivity contribution in [2.45, 2.75) is 20.8 Å². The van der Waals surface area contributed by atoms with E-state index in [2.05, 4.69) is 4.74 Å². The van der Waals surface area contributed by atoms with Crippen molar-refractivity contribution in [2.24, 2.45) is 5.92 Å². The van der Waals surface area contributed by atoms with Gasteiger partial charge in [-0.05, 0) is 6.92 Å². The first-order valence-electron chi connectivity index (χ1n) is 3.65. The molecule has 0 unspecified atom stereocenters. The van der Waals surface area contributed by atoms with Crippen LogP contribution in [0.1, 0.15) is 20.8 Å². The molecule has 0 fully saturated rings. The Balaban J connectivity index is 3.97. The maximum atomic E-state index is 10.7. The van der Waals surface area contributed by atoms with E-state index in [1.54, 1.807) is 20.8 Å². The molecule has 3 nitrogen and oxygen atoms in total. The van der Waals surface area contributed by atoms with Gasteiger partial charge in [0.15, 0.2) is 0 Å². The van der Waals surface area contributed by atoms with Gasteiger partial charge in [0.25, 0.3) is 0 Å². The normalized spacial score (nSPS) is 11.8. The summed E-state index contributed by atoms with van der Waals surface area (Å²) in [6, 6.07) is 0. The third kappa shape index (κ3) is 4.42. The molecule has 3 heteroatoms. The average molecular weight is 158 g/mol. The molecule has 0 aliphatic heterocycles. The Bertz CT molecular complexity index is 159. The molecule has 0 saturated carbocycles. The van der Waals surface area contributed by atoms with Crippen molar-refractivity contribution in [3.8, 4) is 0 Å². The van der Waals surface area contributed by atoms with Crippen LogP contribution in [0.3, 0.4) is 0 Å². The van der Waals surface area contributed by atoms with Crippen LogP contribution >= 0.6 is 0 Å². The Morgan fingerprint density at radius 2 is 2.18 bits per heavy atom. The number of allylic oxidation sites excluding steroid dienone is 1. The van der Waals surface area contributed by atoms with E-state index in [0.29, 0.717) is 6.61 Å².